The highest BCUT2D eigenvalue weighted by Gasteiger charge is 2.44. The van der Waals surface area contributed by atoms with Gasteiger partial charge in [0.2, 0.25) is 0 Å². The van der Waals surface area contributed by atoms with Crippen LogP contribution in [0.3, 0.4) is 0 Å². The number of nitrogens with zero attached hydrogens (tertiary/aromatic N) is 3. The van der Waals surface area contributed by atoms with E-state index in [-0.39, 0.29) is 31.5 Å². The van der Waals surface area contributed by atoms with Crippen LogP contribution in [0.25, 0.3) is 0 Å². The number of aliphatic hydroxyl groups is 3. The van der Waals surface area contributed by atoms with Crippen LogP contribution >= 0.6 is 11.6 Å². The van der Waals surface area contributed by atoms with E-state index in [9.17, 15) is 25.0 Å². The number of ether oxygens (including phenoxy) is 1. The fraction of sp³-hybridized carbons (Fsp3) is 0.917. The lowest BCUT2D eigenvalue weighted by atomic mass is 10.0. The highest BCUT2D eigenvalue weighted by Crippen LogP contribution is 2.32. The second kappa shape index (κ2) is 7.51. The quantitative estimate of drug-likeness (QED) is 0.340. The predicted octanol–water partition coefficient (Wildman–Crippen LogP) is -0.520. The molecule has 1 saturated carbocycles. The van der Waals surface area contributed by atoms with Crippen LogP contribution in [0.5, 0.6) is 0 Å². The summed E-state index contributed by atoms with van der Waals surface area (Å²) < 4.78 is 5.30. The van der Waals surface area contributed by atoms with Crippen molar-refractivity contribution in [2.75, 3.05) is 25.6 Å². The Balaban J connectivity index is 2.14. The molecule has 0 radical (unpaired) electrons. The Morgan fingerprint density at radius 2 is 1.95 bits per heavy atom. The van der Waals surface area contributed by atoms with E-state index in [2.05, 4.69) is 5.29 Å². The molecule has 3 N–H and O–H groups in total. The van der Waals surface area contributed by atoms with Gasteiger partial charge in [-0.15, -0.1) is 16.5 Å². The lowest BCUT2D eigenvalue weighted by Crippen LogP contribution is -2.62. The summed E-state index contributed by atoms with van der Waals surface area (Å²) in [7, 11) is 0. The minimum absolute atomic E-state index is 0.0319. The third-order valence-corrected chi connectivity index (χ3v) is 3.96. The molecule has 0 bridgehead atoms. The van der Waals surface area contributed by atoms with Gasteiger partial charge in [-0.2, -0.15) is 5.01 Å². The Morgan fingerprint density at radius 1 is 1.27 bits per heavy atom. The highest BCUT2D eigenvalue weighted by molar-refractivity contribution is 6.18. The van der Waals surface area contributed by atoms with Gasteiger partial charge in [-0.05, 0) is 18.8 Å². The van der Waals surface area contributed by atoms with E-state index in [0.29, 0.717) is 5.01 Å². The summed E-state index contributed by atoms with van der Waals surface area (Å²) in [4.78, 5) is 24.4. The van der Waals surface area contributed by atoms with E-state index < -0.39 is 30.6 Å². The first kappa shape index (κ1) is 17.4. The molecule has 0 aromatic carbocycles. The van der Waals surface area contributed by atoms with Crippen LogP contribution in [0.4, 0.5) is 4.79 Å². The molecule has 1 saturated heterocycles. The predicted molar refractivity (Wildman–Crippen MR) is 75.8 cm³/mol. The molecule has 1 aliphatic heterocycles. The van der Waals surface area contributed by atoms with E-state index >= 15 is 0 Å². The molecule has 1 aliphatic carbocycles. The summed E-state index contributed by atoms with van der Waals surface area (Å²) in [6, 6.07) is -0.741. The molecule has 126 valence electrons. The van der Waals surface area contributed by atoms with E-state index in [1.54, 1.807) is 0 Å². The number of rotatable bonds is 6. The number of carbonyl (C=O) groups is 1. The molecule has 9 nitrogen and oxygen atoms in total. The second-order valence-corrected chi connectivity index (χ2v) is 5.92. The Morgan fingerprint density at radius 3 is 2.50 bits per heavy atom. The van der Waals surface area contributed by atoms with Gasteiger partial charge in [-0.25, -0.2) is 4.79 Å². The van der Waals surface area contributed by atoms with Gasteiger partial charge in [0.1, 0.15) is 18.3 Å². The van der Waals surface area contributed by atoms with Crippen molar-refractivity contribution in [3.63, 3.8) is 0 Å². The molecule has 2 rings (SSSR count). The first-order valence-electron chi connectivity index (χ1n) is 7.12. The maximum Gasteiger partial charge on any atom is 0.345 e. The van der Waals surface area contributed by atoms with Gasteiger partial charge in [0.05, 0.1) is 18.4 Å². The maximum absolute atomic E-state index is 12.4. The van der Waals surface area contributed by atoms with Gasteiger partial charge in [-0.3, -0.25) is 4.90 Å². The number of carbonyl (C=O) groups excluding carboxylic acids is 1. The van der Waals surface area contributed by atoms with Gasteiger partial charge < -0.3 is 20.1 Å². The Kier molecular flexibility index (Phi) is 5.93. The maximum atomic E-state index is 12.4. The summed E-state index contributed by atoms with van der Waals surface area (Å²) in [5.74, 6) is 0.290. The minimum Gasteiger partial charge on any atom is -0.388 e. The average Bonchev–Trinajstić information content (AvgIpc) is 3.32. The van der Waals surface area contributed by atoms with Crippen molar-refractivity contribution < 1.29 is 24.9 Å². The number of aliphatic hydroxyl groups excluding tert-OH is 3. The lowest BCUT2D eigenvalue weighted by Gasteiger charge is -2.41. The fourth-order valence-electron chi connectivity index (χ4n) is 2.33. The highest BCUT2D eigenvalue weighted by atomic mass is 35.5. The van der Waals surface area contributed by atoms with Gasteiger partial charge in [0, 0.05) is 12.4 Å². The normalized spacial score (nSPS) is 31.6. The smallest absolute Gasteiger partial charge is 0.345 e. The number of amides is 2. The zero-order valence-corrected chi connectivity index (χ0v) is 12.7. The summed E-state index contributed by atoms with van der Waals surface area (Å²) >= 11 is 5.53. The number of hydrogen-bond acceptors (Lipinski definition) is 7. The molecule has 22 heavy (non-hydrogen) atoms. The molecule has 2 amide bonds. The molecule has 4 atom stereocenters. The first-order valence-corrected chi connectivity index (χ1v) is 7.66. The second-order valence-electron chi connectivity index (χ2n) is 5.54. The van der Waals surface area contributed by atoms with Crippen molar-refractivity contribution in [2.24, 2.45) is 11.2 Å². The van der Waals surface area contributed by atoms with Crippen molar-refractivity contribution in [3.8, 4) is 0 Å². The van der Waals surface area contributed by atoms with Crippen molar-refractivity contribution in [1.29, 1.82) is 0 Å². The van der Waals surface area contributed by atoms with E-state index in [0.717, 1.165) is 12.8 Å². The molecule has 2 fully saturated rings. The number of urea groups is 1. The van der Waals surface area contributed by atoms with Crippen molar-refractivity contribution >= 4 is 17.6 Å². The number of alkyl halides is 1. The number of hydrogen-bond donors (Lipinski definition) is 3. The minimum atomic E-state index is -1.48. The van der Waals surface area contributed by atoms with Crippen LogP contribution < -0.4 is 0 Å². The Labute approximate surface area is 132 Å². The standard InChI is InChI=1S/C12H20ClN3O6/c13-3-4-16(14-21)12(20)15(5-7-1-2-7)11-10(19)9(18)8(17)6-22-11/h7-11,17-19H,1-6H2/t8-,9+,10-,11-/m1/s1. The molecular weight excluding hydrogens is 318 g/mol. The molecule has 1 heterocycles. The monoisotopic (exact) mass is 337 g/mol. The van der Waals surface area contributed by atoms with Crippen LogP contribution in [0.1, 0.15) is 12.8 Å². The van der Waals surface area contributed by atoms with Crippen LogP contribution in [-0.4, -0.2) is 81.4 Å². The summed E-state index contributed by atoms with van der Waals surface area (Å²) in [6.45, 7) is -0.0158. The fourth-order valence-corrected chi connectivity index (χ4v) is 2.49. The van der Waals surface area contributed by atoms with Crippen LogP contribution in [-0.2, 0) is 4.74 Å². The van der Waals surface area contributed by atoms with E-state index in [4.69, 9.17) is 16.3 Å². The van der Waals surface area contributed by atoms with E-state index in [1.807, 2.05) is 0 Å². The van der Waals surface area contributed by atoms with Gasteiger partial charge in [0.15, 0.2) is 6.23 Å². The van der Waals surface area contributed by atoms with Crippen molar-refractivity contribution in [3.05, 3.63) is 4.91 Å². The SMILES string of the molecule is O=NN(CCCl)C(=O)N(CC1CC1)[C@@H]1OC[C@@H](O)[C@H](O)[C@H]1O. The Bertz CT molecular complexity index is 410. The van der Waals surface area contributed by atoms with Crippen molar-refractivity contribution in [1.82, 2.24) is 9.91 Å². The summed E-state index contributed by atoms with van der Waals surface area (Å²) in [5.41, 5.74) is 0. The van der Waals surface area contributed by atoms with Crippen LogP contribution in [0, 0.1) is 10.8 Å². The third-order valence-electron chi connectivity index (χ3n) is 3.79. The van der Waals surface area contributed by atoms with Crippen molar-refractivity contribution in [2.45, 2.75) is 37.4 Å². The molecular formula is C12H20ClN3O6. The molecule has 0 aromatic rings. The third kappa shape index (κ3) is 3.85. The number of nitroso groups, excluding NO2 is 1. The molecule has 0 aromatic heterocycles. The zero-order chi connectivity index (χ0) is 16.3. The zero-order valence-electron chi connectivity index (χ0n) is 11.9. The van der Waals surface area contributed by atoms with Crippen LogP contribution in [0.15, 0.2) is 5.29 Å². The molecule has 2 aliphatic rings. The van der Waals surface area contributed by atoms with Gasteiger partial charge in [-0.1, -0.05) is 0 Å². The molecule has 10 heteroatoms. The average molecular weight is 338 g/mol. The topological polar surface area (TPSA) is 123 Å². The molecule has 0 unspecified atom stereocenters. The summed E-state index contributed by atoms with van der Waals surface area (Å²) in [6.07, 6.45) is -3.42. The van der Waals surface area contributed by atoms with Gasteiger partial charge >= 0.3 is 6.03 Å². The van der Waals surface area contributed by atoms with Gasteiger partial charge in [0.25, 0.3) is 0 Å². The van der Waals surface area contributed by atoms with Crippen LogP contribution in [0.2, 0.25) is 0 Å². The first-order chi connectivity index (χ1) is 10.5. The molecule has 0 spiro atoms. The summed E-state index contributed by atoms with van der Waals surface area (Å²) in [5, 5.41) is 32.6. The Hall–Kier alpha value is -1.00. The lowest BCUT2D eigenvalue weighted by molar-refractivity contribution is -0.220. The van der Waals surface area contributed by atoms with E-state index in [1.165, 1.54) is 4.90 Å². The number of halogens is 1. The largest absolute Gasteiger partial charge is 0.388 e.